The Bertz CT molecular complexity index is 1010. The molecule has 4 nitrogen and oxygen atoms in total. The number of amides is 1. The van der Waals surface area contributed by atoms with E-state index in [1.807, 2.05) is 66.7 Å². The molecule has 0 unspecified atom stereocenters. The Hall–Kier alpha value is -3.66. The van der Waals surface area contributed by atoms with E-state index in [-0.39, 0.29) is 5.91 Å². The summed E-state index contributed by atoms with van der Waals surface area (Å²) in [5.74, 6) is -0.266. The zero-order valence-electron chi connectivity index (χ0n) is 16.0. The molecule has 3 aromatic carbocycles. The number of hydrogen-bond acceptors (Lipinski definition) is 3. The fourth-order valence-electron chi connectivity index (χ4n) is 2.74. The Labute approximate surface area is 165 Å². The topological polar surface area (TPSA) is 53.5 Å². The molecule has 0 bridgehead atoms. The Morgan fingerprint density at radius 2 is 1.57 bits per heavy atom. The molecule has 0 atom stereocenters. The van der Waals surface area contributed by atoms with Crippen molar-refractivity contribution < 1.29 is 4.79 Å². The lowest BCUT2D eigenvalue weighted by Gasteiger charge is -2.14. The molecule has 2 N–H and O–H groups in total. The van der Waals surface area contributed by atoms with Gasteiger partial charge in [-0.3, -0.25) is 4.79 Å². The molecular formula is C24H23N3O. The summed E-state index contributed by atoms with van der Waals surface area (Å²) in [6, 6.07) is 23.4. The lowest BCUT2D eigenvalue weighted by molar-refractivity contribution is 0.0956. The number of anilines is 2. The summed E-state index contributed by atoms with van der Waals surface area (Å²) in [7, 11) is 0. The first-order valence-electron chi connectivity index (χ1n) is 9.12. The van der Waals surface area contributed by atoms with Crippen molar-refractivity contribution in [2.75, 3.05) is 5.32 Å². The number of nitrogens with one attached hydrogen (secondary N) is 2. The molecule has 0 aromatic heterocycles. The number of allylic oxidation sites excluding steroid dienone is 1. The molecule has 0 aliphatic rings. The zero-order valence-corrected chi connectivity index (χ0v) is 16.0. The van der Waals surface area contributed by atoms with Gasteiger partial charge in [-0.15, -0.1) is 0 Å². The van der Waals surface area contributed by atoms with Gasteiger partial charge in [0.1, 0.15) is 0 Å². The number of nitrogens with zero attached hydrogens (tertiary/aromatic N) is 1. The SMILES string of the molecule is Cc1cccc(Nc2ccccc2C(=O)N/N=C/C=C/c2ccccc2)c1C. The average Bonchev–Trinajstić information content (AvgIpc) is 2.72. The van der Waals surface area contributed by atoms with Crippen LogP contribution in [0.4, 0.5) is 11.4 Å². The van der Waals surface area contributed by atoms with Gasteiger partial charge in [0.15, 0.2) is 0 Å². The van der Waals surface area contributed by atoms with Crippen molar-refractivity contribution in [3.05, 3.63) is 101 Å². The van der Waals surface area contributed by atoms with E-state index in [0.29, 0.717) is 5.56 Å². The second-order valence-electron chi connectivity index (χ2n) is 6.41. The number of benzene rings is 3. The lowest BCUT2D eigenvalue weighted by atomic mass is 10.1. The quantitative estimate of drug-likeness (QED) is 0.447. The highest BCUT2D eigenvalue weighted by molar-refractivity contribution is 6.00. The Kier molecular flexibility index (Phi) is 6.37. The van der Waals surface area contributed by atoms with Crippen LogP contribution in [-0.4, -0.2) is 12.1 Å². The van der Waals surface area contributed by atoms with Crippen molar-refractivity contribution >= 4 is 29.6 Å². The number of carbonyl (C=O) groups is 1. The third kappa shape index (κ3) is 4.95. The minimum Gasteiger partial charge on any atom is -0.355 e. The highest BCUT2D eigenvalue weighted by atomic mass is 16.2. The van der Waals surface area contributed by atoms with Gasteiger partial charge in [0.25, 0.3) is 5.91 Å². The van der Waals surface area contributed by atoms with Crippen molar-refractivity contribution in [1.29, 1.82) is 0 Å². The van der Waals surface area contributed by atoms with E-state index in [1.165, 1.54) is 5.56 Å². The Morgan fingerprint density at radius 3 is 2.39 bits per heavy atom. The van der Waals surface area contributed by atoms with Crippen molar-refractivity contribution in [1.82, 2.24) is 5.43 Å². The van der Waals surface area contributed by atoms with Gasteiger partial charge in [-0.25, -0.2) is 5.43 Å². The van der Waals surface area contributed by atoms with Gasteiger partial charge >= 0.3 is 0 Å². The van der Waals surface area contributed by atoms with Crippen molar-refractivity contribution in [2.24, 2.45) is 5.10 Å². The van der Waals surface area contributed by atoms with Crippen LogP contribution in [0.5, 0.6) is 0 Å². The van der Waals surface area contributed by atoms with Crippen LogP contribution < -0.4 is 10.7 Å². The molecule has 0 heterocycles. The molecule has 0 fully saturated rings. The molecule has 140 valence electrons. The van der Waals surface area contributed by atoms with Gasteiger partial charge in [-0.05, 0) is 54.8 Å². The minimum atomic E-state index is -0.266. The number of hydrazone groups is 1. The van der Waals surface area contributed by atoms with E-state index in [2.05, 4.69) is 35.8 Å². The summed E-state index contributed by atoms with van der Waals surface area (Å²) in [4.78, 5) is 12.6. The molecular weight excluding hydrogens is 346 g/mol. The monoisotopic (exact) mass is 369 g/mol. The smallest absolute Gasteiger partial charge is 0.273 e. The van der Waals surface area contributed by atoms with Gasteiger partial charge in [0, 0.05) is 11.9 Å². The number of para-hydroxylation sites is 1. The van der Waals surface area contributed by atoms with Crippen LogP contribution in [0.2, 0.25) is 0 Å². The summed E-state index contributed by atoms with van der Waals surface area (Å²) >= 11 is 0. The van der Waals surface area contributed by atoms with Crippen LogP contribution in [0, 0.1) is 13.8 Å². The molecule has 0 aliphatic heterocycles. The van der Waals surface area contributed by atoms with Crippen LogP contribution in [-0.2, 0) is 0 Å². The number of carbonyl (C=O) groups excluding carboxylic acids is 1. The van der Waals surface area contributed by atoms with Crippen LogP contribution in [0.1, 0.15) is 27.0 Å². The molecule has 4 heteroatoms. The molecule has 0 saturated heterocycles. The second-order valence-corrected chi connectivity index (χ2v) is 6.41. The molecule has 0 saturated carbocycles. The maximum Gasteiger partial charge on any atom is 0.273 e. The zero-order chi connectivity index (χ0) is 19.8. The standard InChI is InChI=1S/C24H23N3O/c1-18-10-8-16-22(19(18)2)26-23-15-7-6-14-21(23)24(28)27-25-17-9-13-20-11-4-3-5-12-20/h3-17,26H,1-2H3,(H,27,28)/b13-9+,25-17+. The number of hydrogen-bond donors (Lipinski definition) is 2. The Balaban J connectivity index is 1.68. The number of aryl methyl sites for hydroxylation is 1. The van der Waals surface area contributed by atoms with Crippen molar-refractivity contribution in [3.63, 3.8) is 0 Å². The van der Waals surface area contributed by atoms with Crippen LogP contribution in [0.3, 0.4) is 0 Å². The van der Waals surface area contributed by atoms with Crippen LogP contribution in [0.15, 0.2) is 84.0 Å². The van der Waals surface area contributed by atoms with E-state index >= 15 is 0 Å². The summed E-state index contributed by atoms with van der Waals surface area (Å²) in [6.45, 7) is 4.13. The Morgan fingerprint density at radius 1 is 0.857 bits per heavy atom. The van der Waals surface area contributed by atoms with Crippen LogP contribution >= 0.6 is 0 Å². The van der Waals surface area contributed by atoms with E-state index in [4.69, 9.17) is 0 Å². The fraction of sp³-hybridized carbons (Fsp3) is 0.0833. The molecule has 0 spiro atoms. The summed E-state index contributed by atoms with van der Waals surface area (Å²) in [5, 5.41) is 7.36. The van der Waals surface area contributed by atoms with Gasteiger partial charge in [0.05, 0.1) is 11.3 Å². The van der Waals surface area contributed by atoms with Gasteiger partial charge in [0.2, 0.25) is 0 Å². The maximum atomic E-state index is 12.6. The van der Waals surface area contributed by atoms with E-state index < -0.39 is 0 Å². The van der Waals surface area contributed by atoms with Crippen molar-refractivity contribution in [2.45, 2.75) is 13.8 Å². The van der Waals surface area contributed by atoms with Crippen molar-refractivity contribution in [3.8, 4) is 0 Å². The largest absolute Gasteiger partial charge is 0.355 e. The molecule has 1 amide bonds. The summed E-state index contributed by atoms with van der Waals surface area (Å²) in [6.07, 6.45) is 5.27. The lowest BCUT2D eigenvalue weighted by Crippen LogP contribution is -2.18. The minimum absolute atomic E-state index is 0.266. The predicted molar refractivity (Wildman–Crippen MR) is 117 cm³/mol. The molecule has 0 radical (unpaired) electrons. The highest BCUT2D eigenvalue weighted by Crippen LogP contribution is 2.25. The normalized spacial score (nSPS) is 11.1. The third-order valence-corrected chi connectivity index (χ3v) is 4.46. The van der Waals surface area contributed by atoms with E-state index in [0.717, 1.165) is 22.5 Å². The summed E-state index contributed by atoms with van der Waals surface area (Å²) < 4.78 is 0. The van der Waals surface area contributed by atoms with Crippen LogP contribution in [0.25, 0.3) is 6.08 Å². The second kappa shape index (κ2) is 9.33. The summed E-state index contributed by atoms with van der Waals surface area (Å²) in [5.41, 5.74) is 8.26. The van der Waals surface area contributed by atoms with Gasteiger partial charge in [-0.1, -0.05) is 60.7 Å². The van der Waals surface area contributed by atoms with E-state index in [1.54, 1.807) is 18.4 Å². The van der Waals surface area contributed by atoms with Gasteiger partial charge < -0.3 is 5.32 Å². The maximum absolute atomic E-state index is 12.6. The first-order chi connectivity index (χ1) is 13.6. The molecule has 28 heavy (non-hydrogen) atoms. The van der Waals surface area contributed by atoms with Gasteiger partial charge in [-0.2, -0.15) is 5.10 Å². The highest BCUT2D eigenvalue weighted by Gasteiger charge is 2.11. The first kappa shape index (κ1) is 19.1. The molecule has 3 rings (SSSR count). The molecule has 3 aromatic rings. The predicted octanol–water partition coefficient (Wildman–Crippen LogP) is 5.48. The van der Waals surface area contributed by atoms with E-state index in [9.17, 15) is 4.79 Å². The first-order valence-corrected chi connectivity index (χ1v) is 9.12. The molecule has 0 aliphatic carbocycles. The fourth-order valence-corrected chi connectivity index (χ4v) is 2.74. The number of rotatable bonds is 6. The average molecular weight is 369 g/mol. The third-order valence-electron chi connectivity index (χ3n) is 4.46.